The van der Waals surface area contributed by atoms with Crippen LogP contribution in [0.25, 0.3) is 0 Å². The van der Waals surface area contributed by atoms with Crippen LogP contribution in [-0.2, 0) is 0 Å². The van der Waals surface area contributed by atoms with Crippen LogP contribution >= 0.6 is 0 Å². The highest BCUT2D eigenvalue weighted by Crippen LogP contribution is 2.29. The van der Waals surface area contributed by atoms with Gasteiger partial charge in [0.2, 0.25) is 0 Å². The maximum atomic E-state index is 5.88. The number of nitrogens with one attached hydrogen (secondary N) is 1. The molecule has 3 heteroatoms. The van der Waals surface area contributed by atoms with Crippen LogP contribution in [0.15, 0.2) is 18.3 Å². The van der Waals surface area contributed by atoms with E-state index in [1.54, 1.807) is 6.20 Å². The number of anilines is 2. The molecule has 1 heterocycles. The molecule has 0 bridgehead atoms. The molecule has 16 heavy (non-hydrogen) atoms. The maximum absolute atomic E-state index is 5.88. The minimum atomic E-state index is 0.552. The Kier molecular flexibility index (Phi) is 3.65. The van der Waals surface area contributed by atoms with E-state index in [1.165, 1.54) is 32.1 Å². The second-order valence-corrected chi connectivity index (χ2v) is 4.72. The third kappa shape index (κ3) is 2.65. The topological polar surface area (TPSA) is 50.9 Å². The second-order valence-electron chi connectivity index (χ2n) is 4.72. The van der Waals surface area contributed by atoms with Crippen molar-refractivity contribution in [2.24, 2.45) is 5.92 Å². The molecule has 3 nitrogen and oxygen atoms in total. The maximum Gasteiger partial charge on any atom is 0.149 e. The molecule has 1 aliphatic rings. The lowest BCUT2D eigenvalue weighted by atomic mass is 9.84. The third-order valence-corrected chi connectivity index (χ3v) is 3.54. The van der Waals surface area contributed by atoms with E-state index < -0.39 is 0 Å². The standard InChI is InChI=1S/C13H21N3/c1-2-10-5-3-6-11(9-10)16-13-12(14)7-4-8-15-13/h4,7-8,10-11H,2-3,5-6,9,14H2,1H3,(H,15,16). The monoisotopic (exact) mass is 219 g/mol. The zero-order chi connectivity index (χ0) is 11.4. The fourth-order valence-electron chi connectivity index (χ4n) is 2.52. The Morgan fingerprint density at radius 1 is 1.50 bits per heavy atom. The number of pyridine rings is 1. The van der Waals surface area contributed by atoms with E-state index in [0.29, 0.717) is 6.04 Å². The first-order valence-corrected chi connectivity index (χ1v) is 6.26. The van der Waals surface area contributed by atoms with Gasteiger partial charge >= 0.3 is 0 Å². The Hall–Kier alpha value is -1.25. The molecule has 0 spiro atoms. The lowest BCUT2D eigenvalue weighted by molar-refractivity contribution is 0.327. The Morgan fingerprint density at radius 2 is 2.38 bits per heavy atom. The van der Waals surface area contributed by atoms with Gasteiger partial charge in [-0.15, -0.1) is 0 Å². The molecule has 1 fully saturated rings. The Balaban J connectivity index is 1.97. The van der Waals surface area contributed by atoms with Gasteiger partial charge in [0.1, 0.15) is 5.82 Å². The molecule has 1 aromatic rings. The molecule has 0 amide bonds. The van der Waals surface area contributed by atoms with Gasteiger partial charge in [-0.05, 0) is 30.9 Å². The van der Waals surface area contributed by atoms with Crippen LogP contribution in [0.4, 0.5) is 11.5 Å². The predicted molar refractivity (Wildman–Crippen MR) is 68.3 cm³/mol. The summed E-state index contributed by atoms with van der Waals surface area (Å²) in [6, 6.07) is 4.32. The van der Waals surface area contributed by atoms with Crippen LogP contribution in [0.1, 0.15) is 39.0 Å². The first-order chi connectivity index (χ1) is 7.79. The number of hydrogen-bond acceptors (Lipinski definition) is 3. The third-order valence-electron chi connectivity index (χ3n) is 3.54. The number of nitrogens with zero attached hydrogens (tertiary/aromatic N) is 1. The Morgan fingerprint density at radius 3 is 3.12 bits per heavy atom. The summed E-state index contributed by atoms with van der Waals surface area (Å²) in [7, 11) is 0. The molecule has 0 saturated heterocycles. The highest BCUT2D eigenvalue weighted by Gasteiger charge is 2.21. The van der Waals surface area contributed by atoms with Crippen LogP contribution in [0.5, 0.6) is 0 Å². The van der Waals surface area contributed by atoms with E-state index in [1.807, 2.05) is 12.1 Å². The van der Waals surface area contributed by atoms with Crippen LogP contribution < -0.4 is 11.1 Å². The summed E-state index contributed by atoms with van der Waals surface area (Å²) in [5.74, 6) is 1.72. The van der Waals surface area contributed by atoms with E-state index in [0.717, 1.165) is 17.4 Å². The molecule has 3 N–H and O–H groups in total. The minimum absolute atomic E-state index is 0.552. The largest absolute Gasteiger partial charge is 0.396 e. The SMILES string of the molecule is CCC1CCCC(Nc2ncccc2N)C1. The van der Waals surface area contributed by atoms with Crippen molar-refractivity contribution in [1.82, 2.24) is 4.98 Å². The fourth-order valence-corrected chi connectivity index (χ4v) is 2.52. The summed E-state index contributed by atoms with van der Waals surface area (Å²) >= 11 is 0. The lowest BCUT2D eigenvalue weighted by Crippen LogP contribution is -2.27. The van der Waals surface area contributed by atoms with Crippen LogP contribution in [0, 0.1) is 5.92 Å². The van der Waals surface area contributed by atoms with Gasteiger partial charge in [0.05, 0.1) is 5.69 Å². The molecule has 0 radical (unpaired) electrons. The predicted octanol–water partition coefficient (Wildman–Crippen LogP) is 3.04. The first-order valence-electron chi connectivity index (χ1n) is 6.26. The van der Waals surface area contributed by atoms with Crippen LogP contribution in [0.3, 0.4) is 0 Å². The summed E-state index contributed by atoms with van der Waals surface area (Å²) in [6.07, 6.45) is 8.28. The van der Waals surface area contributed by atoms with Gasteiger partial charge < -0.3 is 11.1 Å². The molecule has 0 aliphatic heterocycles. The summed E-state index contributed by atoms with van der Waals surface area (Å²) in [5, 5.41) is 3.48. The molecular weight excluding hydrogens is 198 g/mol. The van der Waals surface area contributed by atoms with E-state index in [2.05, 4.69) is 17.2 Å². The van der Waals surface area contributed by atoms with Gasteiger partial charge in [0, 0.05) is 12.2 Å². The van der Waals surface area contributed by atoms with Gasteiger partial charge in [-0.25, -0.2) is 4.98 Å². The average molecular weight is 219 g/mol. The summed E-state index contributed by atoms with van der Waals surface area (Å²) < 4.78 is 0. The van der Waals surface area contributed by atoms with Gasteiger partial charge in [-0.1, -0.05) is 26.2 Å². The molecule has 2 atom stereocenters. The van der Waals surface area contributed by atoms with E-state index in [4.69, 9.17) is 5.73 Å². The second kappa shape index (κ2) is 5.19. The molecular formula is C13H21N3. The van der Waals surface area contributed by atoms with Gasteiger partial charge in [0.15, 0.2) is 0 Å². The smallest absolute Gasteiger partial charge is 0.149 e. The van der Waals surface area contributed by atoms with Crippen LogP contribution in [-0.4, -0.2) is 11.0 Å². The summed E-state index contributed by atoms with van der Waals surface area (Å²) in [4.78, 5) is 4.29. The number of rotatable bonds is 3. The van der Waals surface area contributed by atoms with Crippen molar-refractivity contribution in [3.63, 3.8) is 0 Å². The van der Waals surface area contributed by atoms with Gasteiger partial charge in [-0.2, -0.15) is 0 Å². The Bertz CT molecular complexity index is 338. The number of nitrogen functional groups attached to an aromatic ring is 1. The lowest BCUT2D eigenvalue weighted by Gasteiger charge is -2.29. The molecule has 0 aromatic carbocycles. The minimum Gasteiger partial charge on any atom is -0.396 e. The van der Waals surface area contributed by atoms with Crippen LogP contribution in [0.2, 0.25) is 0 Å². The van der Waals surface area contributed by atoms with Crippen molar-refractivity contribution >= 4 is 11.5 Å². The van der Waals surface area contributed by atoms with Gasteiger partial charge in [-0.3, -0.25) is 0 Å². The zero-order valence-corrected chi connectivity index (χ0v) is 9.95. The highest BCUT2D eigenvalue weighted by atomic mass is 15.0. The fraction of sp³-hybridized carbons (Fsp3) is 0.615. The van der Waals surface area contributed by atoms with Crippen molar-refractivity contribution in [3.8, 4) is 0 Å². The van der Waals surface area contributed by atoms with Crippen molar-refractivity contribution in [1.29, 1.82) is 0 Å². The Labute approximate surface area is 97.5 Å². The van der Waals surface area contributed by atoms with Crippen molar-refractivity contribution in [2.75, 3.05) is 11.1 Å². The molecule has 1 aliphatic carbocycles. The molecule has 2 rings (SSSR count). The van der Waals surface area contributed by atoms with Gasteiger partial charge in [0.25, 0.3) is 0 Å². The number of nitrogens with two attached hydrogens (primary N) is 1. The molecule has 2 unspecified atom stereocenters. The summed E-state index contributed by atoms with van der Waals surface area (Å²) in [6.45, 7) is 2.28. The number of aromatic nitrogens is 1. The van der Waals surface area contributed by atoms with Crippen molar-refractivity contribution in [2.45, 2.75) is 45.1 Å². The van der Waals surface area contributed by atoms with E-state index >= 15 is 0 Å². The van der Waals surface area contributed by atoms with Crippen molar-refractivity contribution in [3.05, 3.63) is 18.3 Å². The zero-order valence-electron chi connectivity index (χ0n) is 9.95. The first kappa shape index (κ1) is 11.2. The van der Waals surface area contributed by atoms with E-state index in [-0.39, 0.29) is 0 Å². The molecule has 1 saturated carbocycles. The average Bonchev–Trinajstić information content (AvgIpc) is 2.32. The normalized spacial score (nSPS) is 25.3. The van der Waals surface area contributed by atoms with E-state index in [9.17, 15) is 0 Å². The molecule has 88 valence electrons. The molecule has 1 aromatic heterocycles. The highest BCUT2D eigenvalue weighted by molar-refractivity contribution is 5.60. The number of hydrogen-bond donors (Lipinski definition) is 2. The summed E-state index contributed by atoms with van der Waals surface area (Å²) in [5.41, 5.74) is 6.63. The quantitative estimate of drug-likeness (QED) is 0.821. The van der Waals surface area contributed by atoms with Crippen molar-refractivity contribution < 1.29 is 0 Å².